The topological polar surface area (TPSA) is 76.1 Å². The van der Waals surface area contributed by atoms with E-state index in [1.165, 1.54) is 4.90 Å². The van der Waals surface area contributed by atoms with Crippen molar-refractivity contribution in [3.63, 3.8) is 0 Å². The molecule has 0 saturated heterocycles. The van der Waals surface area contributed by atoms with Gasteiger partial charge in [0, 0.05) is 20.1 Å². The van der Waals surface area contributed by atoms with E-state index < -0.39 is 17.7 Å². The number of aliphatic hydroxyl groups excluding tert-OH is 1. The first-order valence-corrected chi connectivity index (χ1v) is 8.30. The fraction of sp³-hybridized carbons (Fsp3) is 0.474. The van der Waals surface area contributed by atoms with Gasteiger partial charge in [0.25, 0.3) is 5.91 Å². The lowest BCUT2D eigenvalue weighted by Gasteiger charge is -2.26. The average Bonchev–Trinajstić information content (AvgIpc) is 2.84. The van der Waals surface area contributed by atoms with Crippen LogP contribution in [0.4, 0.5) is 0 Å². The molecular formula is C19H25NO5. The maximum absolute atomic E-state index is 12.7. The van der Waals surface area contributed by atoms with Crippen LogP contribution in [0.25, 0.3) is 0 Å². The standard InChI is InChI=1S/C19H25NO5/c1-12(2)11-15(21)16-17(13-5-7-14(25-4)8-6-13)20(9-10-24-3)19(23)18(16)22/h5-8,12,17,22H,9-11H2,1-4H3. The lowest BCUT2D eigenvalue weighted by atomic mass is 9.92. The van der Waals surface area contributed by atoms with E-state index in [2.05, 4.69) is 0 Å². The Morgan fingerprint density at radius 3 is 2.40 bits per heavy atom. The van der Waals surface area contributed by atoms with Crippen molar-refractivity contribution in [2.75, 3.05) is 27.4 Å². The van der Waals surface area contributed by atoms with Gasteiger partial charge in [0.2, 0.25) is 0 Å². The molecule has 1 N–H and O–H groups in total. The number of hydrogen-bond acceptors (Lipinski definition) is 5. The molecule has 6 nitrogen and oxygen atoms in total. The average molecular weight is 347 g/mol. The third kappa shape index (κ3) is 4.02. The van der Waals surface area contributed by atoms with Gasteiger partial charge < -0.3 is 19.5 Å². The molecule has 2 rings (SSSR count). The van der Waals surface area contributed by atoms with E-state index in [1.807, 2.05) is 13.8 Å². The third-order valence-electron chi connectivity index (χ3n) is 4.17. The highest BCUT2D eigenvalue weighted by molar-refractivity contribution is 6.09. The molecule has 0 fully saturated rings. The highest BCUT2D eigenvalue weighted by Crippen LogP contribution is 2.38. The third-order valence-corrected chi connectivity index (χ3v) is 4.17. The Kier molecular flexibility index (Phi) is 6.20. The zero-order valence-electron chi connectivity index (χ0n) is 15.1. The number of carbonyl (C=O) groups excluding carboxylic acids is 2. The van der Waals surface area contributed by atoms with Crippen molar-refractivity contribution in [2.45, 2.75) is 26.3 Å². The molecule has 0 bridgehead atoms. The first-order valence-electron chi connectivity index (χ1n) is 8.30. The summed E-state index contributed by atoms with van der Waals surface area (Å²) in [5.74, 6) is -0.388. The Labute approximate surface area is 148 Å². The van der Waals surface area contributed by atoms with Crippen LogP contribution in [0, 0.1) is 5.92 Å². The summed E-state index contributed by atoms with van der Waals surface area (Å²) in [6, 6.07) is 6.54. The van der Waals surface area contributed by atoms with Crippen LogP contribution in [-0.4, -0.2) is 49.1 Å². The Balaban J connectivity index is 2.44. The maximum Gasteiger partial charge on any atom is 0.290 e. The van der Waals surface area contributed by atoms with Crippen molar-refractivity contribution in [1.29, 1.82) is 0 Å². The summed E-state index contributed by atoms with van der Waals surface area (Å²) in [5, 5.41) is 10.3. The Hall–Kier alpha value is -2.34. The minimum Gasteiger partial charge on any atom is -0.503 e. The number of Topliss-reactive ketones (excluding diaryl/α,β-unsaturated/α-hetero) is 1. The van der Waals surface area contributed by atoms with E-state index in [1.54, 1.807) is 38.5 Å². The van der Waals surface area contributed by atoms with Gasteiger partial charge in [-0.2, -0.15) is 0 Å². The molecule has 1 aromatic carbocycles. The SMILES string of the molecule is COCCN1C(=O)C(O)=C(C(=O)CC(C)C)C1c1ccc(OC)cc1. The van der Waals surface area contributed by atoms with Crippen LogP contribution in [0.1, 0.15) is 31.9 Å². The highest BCUT2D eigenvalue weighted by Gasteiger charge is 2.43. The van der Waals surface area contributed by atoms with E-state index in [0.29, 0.717) is 12.4 Å². The second-order valence-electron chi connectivity index (χ2n) is 6.45. The molecule has 1 unspecified atom stereocenters. The van der Waals surface area contributed by atoms with Gasteiger partial charge in [-0.1, -0.05) is 26.0 Å². The van der Waals surface area contributed by atoms with Crippen molar-refractivity contribution >= 4 is 11.7 Å². The monoisotopic (exact) mass is 347 g/mol. The van der Waals surface area contributed by atoms with Crippen LogP contribution in [0.3, 0.4) is 0 Å². The summed E-state index contributed by atoms with van der Waals surface area (Å²) in [4.78, 5) is 26.7. The fourth-order valence-electron chi connectivity index (χ4n) is 2.97. The van der Waals surface area contributed by atoms with E-state index in [4.69, 9.17) is 9.47 Å². The van der Waals surface area contributed by atoms with Crippen LogP contribution in [-0.2, 0) is 14.3 Å². The zero-order chi connectivity index (χ0) is 18.6. The van der Waals surface area contributed by atoms with Crippen LogP contribution in [0.15, 0.2) is 35.6 Å². The van der Waals surface area contributed by atoms with Gasteiger partial charge in [-0.15, -0.1) is 0 Å². The summed E-state index contributed by atoms with van der Waals surface area (Å²) < 4.78 is 10.2. The van der Waals surface area contributed by atoms with Gasteiger partial charge in [0.1, 0.15) is 5.75 Å². The first-order chi connectivity index (χ1) is 11.9. The molecule has 0 aromatic heterocycles. The Morgan fingerprint density at radius 1 is 1.24 bits per heavy atom. The van der Waals surface area contributed by atoms with E-state index in [9.17, 15) is 14.7 Å². The van der Waals surface area contributed by atoms with Gasteiger partial charge in [-0.3, -0.25) is 9.59 Å². The molecule has 6 heteroatoms. The number of hydrogen-bond donors (Lipinski definition) is 1. The molecule has 1 amide bonds. The quantitative estimate of drug-likeness (QED) is 0.782. The van der Waals surface area contributed by atoms with Crippen LogP contribution in [0.2, 0.25) is 0 Å². The summed E-state index contributed by atoms with van der Waals surface area (Å²) in [7, 11) is 3.11. The number of nitrogens with zero attached hydrogens (tertiary/aromatic N) is 1. The predicted molar refractivity (Wildman–Crippen MR) is 93.4 cm³/mol. The van der Waals surface area contributed by atoms with Crippen molar-refractivity contribution in [2.24, 2.45) is 5.92 Å². The number of aliphatic hydroxyl groups is 1. The Bertz CT molecular complexity index is 663. The van der Waals surface area contributed by atoms with E-state index in [0.717, 1.165) is 5.56 Å². The molecule has 25 heavy (non-hydrogen) atoms. The van der Waals surface area contributed by atoms with Gasteiger partial charge in [-0.25, -0.2) is 0 Å². The lowest BCUT2D eigenvalue weighted by Crippen LogP contribution is -2.34. The molecule has 0 radical (unpaired) electrons. The largest absolute Gasteiger partial charge is 0.503 e. The van der Waals surface area contributed by atoms with Crippen molar-refractivity contribution in [3.05, 3.63) is 41.2 Å². The summed E-state index contributed by atoms with van der Waals surface area (Å²) in [6.07, 6.45) is 0.275. The zero-order valence-corrected chi connectivity index (χ0v) is 15.1. The van der Waals surface area contributed by atoms with Crippen LogP contribution in [0.5, 0.6) is 5.75 Å². The fourth-order valence-corrected chi connectivity index (χ4v) is 2.97. The molecule has 1 atom stereocenters. The number of rotatable bonds is 8. The molecule has 1 aliphatic rings. The van der Waals surface area contributed by atoms with Gasteiger partial charge in [-0.05, 0) is 23.6 Å². The molecule has 136 valence electrons. The Morgan fingerprint density at radius 2 is 1.88 bits per heavy atom. The molecule has 1 aromatic rings. The van der Waals surface area contributed by atoms with Crippen molar-refractivity contribution in [3.8, 4) is 5.75 Å². The number of ketones is 1. The van der Waals surface area contributed by atoms with E-state index in [-0.39, 0.29) is 30.2 Å². The molecule has 1 heterocycles. The number of amides is 1. The normalized spacial score (nSPS) is 17.6. The first kappa shape index (κ1) is 19.0. The minimum atomic E-state index is -0.611. The van der Waals surface area contributed by atoms with Crippen molar-refractivity contribution in [1.82, 2.24) is 4.90 Å². The smallest absolute Gasteiger partial charge is 0.290 e. The lowest BCUT2D eigenvalue weighted by molar-refractivity contribution is -0.130. The second-order valence-corrected chi connectivity index (χ2v) is 6.45. The summed E-state index contributed by atoms with van der Waals surface area (Å²) in [5.41, 5.74) is 0.918. The number of ether oxygens (including phenoxy) is 2. The maximum atomic E-state index is 12.7. The molecule has 1 aliphatic heterocycles. The number of carbonyl (C=O) groups is 2. The van der Waals surface area contributed by atoms with Crippen molar-refractivity contribution < 1.29 is 24.2 Å². The van der Waals surface area contributed by atoms with E-state index >= 15 is 0 Å². The number of benzene rings is 1. The minimum absolute atomic E-state index is 0.132. The van der Waals surface area contributed by atoms with Gasteiger partial charge in [0.15, 0.2) is 11.5 Å². The molecular weight excluding hydrogens is 322 g/mol. The second kappa shape index (κ2) is 8.16. The highest BCUT2D eigenvalue weighted by atomic mass is 16.5. The van der Waals surface area contributed by atoms with Gasteiger partial charge >= 0.3 is 0 Å². The predicted octanol–water partition coefficient (Wildman–Crippen LogP) is 2.65. The molecule has 0 saturated carbocycles. The molecule has 0 spiro atoms. The van der Waals surface area contributed by atoms with Crippen LogP contribution < -0.4 is 4.74 Å². The molecule has 0 aliphatic carbocycles. The number of methoxy groups -OCH3 is 2. The van der Waals surface area contributed by atoms with Crippen LogP contribution >= 0.6 is 0 Å². The van der Waals surface area contributed by atoms with Gasteiger partial charge in [0.05, 0.1) is 25.3 Å². The summed E-state index contributed by atoms with van der Waals surface area (Å²) in [6.45, 7) is 4.46. The summed E-state index contributed by atoms with van der Waals surface area (Å²) >= 11 is 0.